The Bertz CT molecular complexity index is 1380. The highest BCUT2D eigenvalue weighted by Gasteiger charge is 2.34. The van der Waals surface area contributed by atoms with Crippen LogP contribution in [0, 0.1) is 13.8 Å². The Morgan fingerprint density at radius 2 is 1.49 bits per heavy atom. The van der Waals surface area contributed by atoms with Gasteiger partial charge in [0, 0.05) is 13.1 Å². The SMILES string of the molecule is CCCNC(=O)[C@H](CC)N(Cc1ccc(C)cc1)C(=O)CN(c1ccccc1Cl)S(=O)(=O)c1ccc(C)cc1. The van der Waals surface area contributed by atoms with E-state index in [4.69, 9.17) is 11.6 Å². The minimum absolute atomic E-state index is 0.0404. The molecule has 0 aliphatic heterocycles. The number of sulfonamides is 1. The van der Waals surface area contributed by atoms with Gasteiger partial charge in [-0.2, -0.15) is 0 Å². The number of benzene rings is 3. The Hall–Kier alpha value is -3.36. The maximum absolute atomic E-state index is 14.0. The number of para-hydroxylation sites is 1. The number of anilines is 1. The number of carbonyl (C=O) groups is 2. The number of aryl methyl sites for hydroxylation is 2. The third kappa shape index (κ3) is 7.61. The lowest BCUT2D eigenvalue weighted by Crippen LogP contribution is -2.52. The van der Waals surface area contributed by atoms with E-state index in [1.807, 2.05) is 52.0 Å². The third-order valence-corrected chi connectivity index (χ3v) is 8.51. The molecule has 2 amide bonds. The second kappa shape index (κ2) is 13.6. The van der Waals surface area contributed by atoms with Crippen molar-refractivity contribution in [3.8, 4) is 0 Å². The summed E-state index contributed by atoms with van der Waals surface area (Å²) in [6, 6.07) is 19.8. The fraction of sp³-hybridized carbons (Fsp3) is 0.333. The number of nitrogens with one attached hydrogen (secondary N) is 1. The Morgan fingerprint density at radius 3 is 2.05 bits per heavy atom. The van der Waals surface area contributed by atoms with Gasteiger partial charge in [-0.3, -0.25) is 13.9 Å². The number of halogens is 1. The first-order chi connectivity index (χ1) is 18.6. The number of hydrogen-bond acceptors (Lipinski definition) is 4. The lowest BCUT2D eigenvalue weighted by atomic mass is 10.1. The number of hydrogen-bond donors (Lipinski definition) is 1. The van der Waals surface area contributed by atoms with E-state index < -0.39 is 28.5 Å². The second-order valence-corrected chi connectivity index (χ2v) is 11.8. The summed E-state index contributed by atoms with van der Waals surface area (Å²) in [4.78, 5) is 28.6. The largest absolute Gasteiger partial charge is 0.354 e. The van der Waals surface area contributed by atoms with Gasteiger partial charge in [0.15, 0.2) is 0 Å². The van der Waals surface area contributed by atoms with Crippen molar-refractivity contribution in [2.75, 3.05) is 17.4 Å². The van der Waals surface area contributed by atoms with Crippen LogP contribution < -0.4 is 9.62 Å². The highest BCUT2D eigenvalue weighted by atomic mass is 35.5. The van der Waals surface area contributed by atoms with Crippen molar-refractivity contribution in [3.63, 3.8) is 0 Å². The molecular formula is C30H36ClN3O4S. The maximum atomic E-state index is 14.0. The van der Waals surface area contributed by atoms with Crippen LogP contribution in [0.2, 0.25) is 5.02 Å². The first-order valence-corrected chi connectivity index (χ1v) is 14.9. The van der Waals surface area contributed by atoms with E-state index in [-0.39, 0.29) is 28.1 Å². The molecule has 0 aromatic heterocycles. The Kier molecular flexibility index (Phi) is 10.5. The van der Waals surface area contributed by atoms with Crippen LogP contribution in [0.4, 0.5) is 5.69 Å². The molecule has 0 radical (unpaired) electrons. The van der Waals surface area contributed by atoms with Crippen LogP contribution in [0.25, 0.3) is 0 Å². The van der Waals surface area contributed by atoms with E-state index in [0.717, 1.165) is 27.4 Å². The second-order valence-electron chi connectivity index (χ2n) is 9.50. The molecule has 0 spiro atoms. The van der Waals surface area contributed by atoms with Crippen molar-refractivity contribution in [3.05, 3.63) is 94.5 Å². The molecule has 3 aromatic carbocycles. The molecule has 3 rings (SSSR count). The van der Waals surface area contributed by atoms with Gasteiger partial charge in [-0.1, -0.05) is 85.1 Å². The summed E-state index contributed by atoms with van der Waals surface area (Å²) in [5.74, 6) is -0.782. The maximum Gasteiger partial charge on any atom is 0.264 e. The highest BCUT2D eigenvalue weighted by Crippen LogP contribution is 2.31. The summed E-state index contributed by atoms with van der Waals surface area (Å²) in [7, 11) is -4.17. The molecular weight excluding hydrogens is 534 g/mol. The Balaban J connectivity index is 2.05. The van der Waals surface area contributed by atoms with Gasteiger partial charge in [-0.15, -0.1) is 0 Å². The van der Waals surface area contributed by atoms with Gasteiger partial charge in [0.25, 0.3) is 10.0 Å². The monoisotopic (exact) mass is 569 g/mol. The molecule has 9 heteroatoms. The molecule has 1 atom stereocenters. The average Bonchev–Trinajstić information content (AvgIpc) is 2.92. The molecule has 0 aliphatic rings. The molecule has 0 heterocycles. The van der Waals surface area contributed by atoms with Gasteiger partial charge in [0.1, 0.15) is 12.6 Å². The van der Waals surface area contributed by atoms with Crippen LogP contribution in [-0.2, 0) is 26.2 Å². The molecule has 0 fully saturated rings. The minimum atomic E-state index is -4.17. The summed E-state index contributed by atoms with van der Waals surface area (Å²) in [6.07, 6.45) is 1.12. The molecule has 0 bridgehead atoms. The summed E-state index contributed by atoms with van der Waals surface area (Å²) >= 11 is 6.45. The lowest BCUT2D eigenvalue weighted by Gasteiger charge is -2.33. The van der Waals surface area contributed by atoms with Gasteiger partial charge in [0.2, 0.25) is 11.8 Å². The molecule has 0 saturated carbocycles. The van der Waals surface area contributed by atoms with Crippen LogP contribution in [0.15, 0.2) is 77.7 Å². The zero-order chi connectivity index (χ0) is 28.6. The molecule has 3 aromatic rings. The van der Waals surface area contributed by atoms with E-state index >= 15 is 0 Å². The molecule has 0 aliphatic carbocycles. The van der Waals surface area contributed by atoms with Crippen LogP contribution in [0.3, 0.4) is 0 Å². The third-order valence-electron chi connectivity index (χ3n) is 6.42. The quantitative estimate of drug-likeness (QED) is 0.313. The van der Waals surface area contributed by atoms with Crippen molar-refractivity contribution in [1.29, 1.82) is 0 Å². The highest BCUT2D eigenvalue weighted by molar-refractivity contribution is 7.92. The lowest BCUT2D eigenvalue weighted by molar-refractivity contribution is -0.140. The van der Waals surface area contributed by atoms with E-state index in [9.17, 15) is 18.0 Å². The normalized spacial score (nSPS) is 12.0. The smallest absolute Gasteiger partial charge is 0.264 e. The molecule has 39 heavy (non-hydrogen) atoms. The first-order valence-electron chi connectivity index (χ1n) is 13.0. The fourth-order valence-corrected chi connectivity index (χ4v) is 5.90. The van der Waals surface area contributed by atoms with Crippen LogP contribution in [-0.4, -0.2) is 44.3 Å². The average molecular weight is 570 g/mol. The van der Waals surface area contributed by atoms with E-state index in [0.29, 0.717) is 13.0 Å². The van der Waals surface area contributed by atoms with Crippen molar-refractivity contribution >= 4 is 39.1 Å². The zero-order valence-electron chi connectivity index (χ0n) is 22.9. The van der Waals surface area contributed by atoms with Crippen LogP contribution >= 0.6 is 11.6 Å². The molecule has 0 saturated heterocycles. The summed E-state index contributed by atoms with van der Waals surface area (Å²) in [6.45, 7) is 7.73. The summed E-state index contributed by atoms with van der Waals surface area (Å²) in [5.41, 5.74) is 2.99. The first kappa shape index (κ1) is 30.2. The molecule has 208 valence electrons. The Labute approximate surface area is 236 Å². The number of amides is 2. The standard InChI is InChI=1S/C30H36ClN3O4S/c1-5-19-32-30(36)27(6-2)33(20-24-15-11-22(3)12-16-24)29(35)21-34(28-10-8-7-9-26(28)31)39(37,38)25-17-13-23(4)14-18-25/h7-18,27H,5-6,19-21H2,1-4H3,(H,32,36)/t27-/m0/s1. The number of rotatable bonds is 12. The molecule has 7 nitrogen and oxygen atoms in total. The summed E-state index contributed by atoms with van der Waals surface area (Å²) in [5, 5.41) is 3.08. The molecule has 1 N–H and O–H groups in total. The zero-order valence-corrected chi connectivity index (χ0v) is 24.4. The minimum Gasteiger partial charge on any atom is -0.354 e. The van der Waals surface area contributed by atoms with Gasteiger partial charge in [0.05, 0.1) is 15.6 Å². The fourth-order valence-electron chi connectivity index (χ4n) is 4.18. The van der Waals surface area contributed by atoms with Crippen molar-refractivity contribution in [2.24, 2.45) is 0 Å². The van der Waals surface area contributed by atoms with E-state index in [1.54, 1.807) is 36.4 Å². The Morgan fingerprint density at radius 1 is 0.897 bits per heavy atom. The van der Waals surface area contributed by atoms with Crippen molar-refractivity contribution in [2.45, 2.75) is 58.0 Å². The van der Waals surface area contributed by atoms with Gasteiger partial charge < -0.3 is 10.2 Å². The number of carbonyl (C=O) groups excluding carboxylic acids is 2. The van der Waals surface area contributed by atoms with Gasteiger partial charge in [-0.25, -0.2) is 8.42 Å². The van der Waals surface area contributed by atoms with Gasteiger partial charge in [-0.05, 0) is 56.5 Å². The van der Waals surface area contributed by atoms with E-state index in [2.05, 4.69) is 5.32 Å². The van der Waals surface area contributed by atoms with E-state index in [1.165, 1.54) is 17.0 Å². The van der Waals surface area contributed by atoms with Crippen LogP contribution in [0.5, 0.6) is 0 Å². The topological polar surface area (TPSA) is 86.8 Å². The predicted octanol–water partition coefficient (Wildman–Crippen LogP) is 5.49. The van der Waals surface area contributed by atoms with Gasteiger partial charge >= 0.3 is 0 Å². The van der Waals surface area contributed by atoms with Crippen molar-refractivity contribution < 1.29 is 18.0 Å². The van der Waals surface area contributed by atoms with Crippen LogP contribution in [0.1, 0.15) is 43.4 Å². The predicted molar refractivity (Wildman–Crippen MR) is 156 cm³/mol. The summed E-state index contributed by atoms with van der Waals surface area (Å²) < 4.78 is 28.8. The number of nitrogens with zero attached hydrogens (tertiary/aromatic N) is 2. The molecule has 0 unspecified atom stereocenters. The van der Waals surface area contributed by atoms with Crippen molar-refractivity contribution in [1.82, 2.24) is 10.2 Å².